The van der Waals surface area contributed by atoms with Gasteiger partial charge in [-0.1, -0.05) is 6.92 Å². The summed E-state index contributed by atoms with van der Waals surface area (Å²) in [7, 11) is -3.39. The smallest absolute Gasteiger partial charge is 0.240 e. The fourth-order valence-corrected chi connectivity index (χ4v) is 2.61. The van der Waals surface area contributed by atoms with E-state index in [2.05, 4.69) is 10.0 Å². The van der Waals surface area contributed by atoms with Crippen molar-refractivity contribution < 1.29 is 8.42 Å². The van der Waals surface area contributed by atoms with Gasteiger partial charge in [0, 0.05) is 24.3 Å². The standard InChI is InChI=1S/C13H23N3O2S/c1-4-9-15-19(17,18)12-7-5-11(6-8-12)16-13(2,3)10-14/h5-8,15-16H,4,9-10,14H2,1-3H3. The molecule has 0 aromatic heterocycles. The van der Waals surface area contributed by atoms with Crippen LogP contribution >= 0.6 is 0 Å². The first-order valence-electron chi connectivity index (χ1n) is 6.39. The minimum Gasteiger partial charge on any atom is -0.379 e. The van der Waals surface area contributed by atoms with E-state index in [1.807, 2.05) is 20.8 Å². The molecular weight excluding hydrogens is 262 g/mol. The number of sulfonamides is 1. The maximum atomic E-state index is 11.9. The van der Waals surface area contributed by atoms with Crippen LogP contribution in [0, 0.1) is 0 Å². The molecule has 0 aliphatic heterocycles. The zero-order valence-corrected chi connectivity index (χ0v) is 12.5. The van der Waals surface area contributed by atoms with Gasteiger partial charge in [0.2, 0.25) is 10.0 Å². The molecule has 108 valence electrons. The van der Waals surface area contributed by atoms with Gasteiger partial charge in [-0.05, 0) is 44.5 Å². The third-order valence-electron chi connectivity index (χ3n) is 2.70. The van der Waals surface area contributed by atoms with Crippen molar-refractivity contribution in [2.45, 2.75) is 37.6 Å². The van der Waals surface area contributed by atoms with Gasteiger partial charge in [0.25, 0.3) is 0 Å². The number of benzene rings is 1. The summed E-state index contributed by atoms with van der Waals surface area (Å²) in [6.07, 6.45) is 0.767. The second-order valence-electron chi connectivity index (χ2n) is 5.14. The zero-order valence-electron chi connectivity index (χ0n) is 11.7. The van der Waals surface area contributed by atoms with E-state index in [4.69, 9.17) is 5.73 Å². The molecule has 0 bridgehead atoms. The van der Waals surface area contributed by atoms with Crippen LogP contribution in [-0.4, -0.2) is 27.0 Å². The maximum absolute atomic E-state index is 11.9. The lowest BCUT2D eigenvalue weighted by atomic mass is 10.1. The fraction of sp³-hybridized carbons (Fsp3) is 0.538. The molecule has 0 atom stereocenters. The van der Waals surface area contributed by atoms with E-state index in [9.17, 15) is 8.42 Å². The second-order valence-corrected chi connectivity index (χ2v) is 6.90. The van der Waals surface area contributed by atoms with E-state index in [1.54, 1.807) is 24.3 Å². The number of hydrogen-bond donors (Lipinski definition) is 3. The minimum atomic E-state index is -3.39. The van der Waals surface area contributed by atoms with Gasteiger partial charge < -0.3 is 11.1 Å². The van der Waals surface area contributed by atoms with Gasteiger partial charge in [-0.15, -0.1) is 0 Å². The molecule has 0 aliphatic rings. The van der Waals surface area contributed by atoms with Crippen molar-refractivity contribution in [3.05, 3.63) is 24.3 Å². The van der Waals surface area contributed by atoms with Crippen LogP contribution in [0.1, 0.15) is 27.2 Å². The summed E-state index contributed by atoms with van der Waals surface area (Å²) in [5.41, 5.74) is 6.27. The van der Waals surface area contributed by atoms with Gasteiger partial charge >= 0.3 is 0 Å². The lowest BCUT2D eigenvalue weighted by Crippen LogP contribution is -2.39. The van der Waals surface area contributed by atoms with E-state index >= 15 is 0 Å². The lowest BCUT2D eigenvalue weighted by molar-refractivity contribution is 0.579. The third kappa shape index (κ3) is 4.81. The van der Waals surface area contributed by atoms with Gasteiger partial charge in [0.1, 0.15) is 0 Å². The fourth-order valence-electron chi connectivity index (χ4n) is 1.48. The van der Waals surface area contributed by atoms with Crippen LogP contribution in [0.3, 0.4) is 0 Å². The van der Waals surface area contributed by atoms with Gasteiger partial charge in [-0.2, -0.15) is 0 Å². The van der Waals surface area contributed by atoms with Gasteiger partial charge in [0.15, 0.2) is 0 Å². The molecular formula is C13H23N3O2S. The molecule has 6 heteroatoms. The first kappa shape index (κ1) is 15.9. The number of nitrogens with one attached hydrogen (secondary N) is 2. The van der Waals surface area contributed by atoms with Gasteiger partial charge in [0.05, 0.1) is 4.90 Å². The molecule has 0 saturated carbocycles. The second kappa shape index (κ2) is 6.36. The maximum Gasteiger partial charge on any atom is 0.240 e. The highest BCUT2D eigenvalue weighted by molar-refractivity contribution is 7.89. The molecule has 1 aromatic carbocycles. The van der Waals surface area contributed by atoms with Gasteiger partial charge in [-0.3, -0.25) is 0 Å². The molecule has 19 heavy (non-hydrogen) atoms. The summed E-state index contributed by atoms with van der Waals surface area (Å²) in [4.78, 5) is 0.275. The molecule has 1 aromatic rings. The molecule has 0 heterocycles. The van der Waals surface area contributed by atoms with Crippen LogP contribution in [0.25, 0.3) is 0 Å². The average Bonchev–Trinajstić information content (AvgIpc) is 2.37. The minimum absolute atomic E-state index is 0.221. The predicted molar refractivity (Wildman–Crippen MR) is 78.7 cm³/mol. The highest BCUT2D eigenvalue weighted by Gasteiger charge is 2.16. The van der Waals surface area contributed by atoms with Crippen LogP contribution in [0.4, 0.5) is 5.69 Å². The van der Waals surface area contributed by atoms with E-state index in [1.165, 1.54) is 0 Å². The average molecular weight is 285 g/mol. The highest BCUT2D eigenvalue weighted by Crippen LogP contribution is 2.17. The summed E-state index contributed by atoms with van der Waals surface area (Å²) in [6, 6.07) is 6.68. The monoisotopic (exact) mass is 285 g/mol. The van der Waals surface area contributed by atoms with Crippen molar-refractivity contribution in [2.75, 3.05) is 18.4 Å². The first-order chi connectivity index (χ1) is 8.80. The van der Waals surface area contributed by atoms with Crippen LogP contribution in [0.15, 0.2) is 29.2 Å². The Morgan fingerprint density at radius 1 is 1.21 bits per heavy atom. The largest absolute Gasteiger partial charge is 0.379 e. The topological polar surface area (TPSA) is 84.2 Å². The molecule has 0 fully saturated rings. The van der Waals surface area contributed by atoms with Crippen molar-refractivity contribution in [1.29, 1.82) is 0 Å². The Bertz CT molecular complexity index is 495. The normalized spacial score (nSPS) is 12.4. The van der Waals surface area contributed by atoms with Crippen molar-refractivity contribution >= 4 is 15.7 Å². The Hall–Kier alpha value is -1.11. The predicted octanol–water partition coefficient (Wildman–Crippen LogP) is 1.52. The van der Waals surface area contributed by atoms with Crippen LogP contribution in [-0.2, 0) is 10.0 Å². The molecule has 5 nitrogen and oxygen atoms in total. The van der Waals surface area contributed by atoms with Crippen molar-refractivity contribution in [1.82, 2.24) is 4.72 Å². The van der Waals surface area contributed by atoms with Crippen molar-refractivity contribution in [3.63, 3.8) is 0 Å². The van der Waals surface area contributed by atoms with E-state index < -0.39 is 10.0 Å². The number of rotatable bonds is 7. The summed E-state index contributed by atoms with van der Waals surface area (Å²) < 4.78 is 26.3. The summed E-state index contributed by atoms with van der Waals surface area (Å²) in [5.74, 6) is 0. The van der Waals surface area contributed by atoms with Crippen LogP contribution in [0.2, 0.25) is 0 Å². The lowest BCUT2D eigenvalue weighted by Gasteiger charge is -2.25. The molecule has 0 spiro atoms. The summed E-state index contributed by atoms with van der Waals surface area (Å²) in [6.45, 7) is 6.83. The Labute approximate surface area is 115 Å². The molecule has 0 amide bonds. The van der Waals surface area contributed by atoms with Crippen molar-refractivity contribution in [2.24, 2.45) is 5.73 Å². The van der Waals surface area contributed by atoms with Crippen molar-refractivity contribution in [3.8, 4) is 0 Å². The zero-order chi connectivity index (χ0) is 14.5. The van der Waals surface area contributed by atoms with E-state index in [-0.39, 0.29) is 10.4 Å². The number of anilines is 1. The molecule has 0 unspecified atom stereocenters. The molecule has 1 rings (SSSR count). The van der Waals surface area contributed by atoms with Gasteiger partial charge in [-0.25, -0.2) is 13.1 Å². The quantitative estimate of drug-likeness (QED) is 0.709. The van der Waals surface area contributed by atoms with Crippen LogP contribution < -0.4 is 15.8 Å². The summed E-state index contributed by atoms with van der Waals surface area (Å²) in [5, 5.41) is 3.25. The Kier molecular flexibility index (Phi) is 5.34. The highest BCUT2D eigenvalue weighted by atomic mass is 32.2. The summed E-state index contributed by atoms with van der Waals surface area (Å²) >= 11 is 0. The molecule has 0 radical (unpaired) electrons. The Morgan fingerprint density at radius 2 is 1.79 bits per heavy atom. The number of nitrogens with two attached hydrogens (primary N) is 1. The van der Waals surface area contributed by atoms with Crippen LogP contribution in [0.5, 0.6) is 0 Å². The van der Waals surface area contributed by atoms with E-state index in [0.717, 1.165) is 12.1 Å². The van der Waals surface area contributed by atoms with E-state index in [0.29, 0.717) is 13.1 Å². The Morgan fingerprint density at radius 3 is 2.26 bits per heavy atom. The molecule has 0 aliphatic carbocycles. The first-order valence-corrected chi connectivity index (χ1v) is 7.87. The number of hydrogen-bond acceptors (Lipinski definition) is 4. The molecule has 0 saturated heterocycles. The molecule has 4 N–H and O–H groups in total. The third-order valence-corrected chi connectivity index (χ3v) is 4.18. The SMILES string of the molecule is CCCNS(=O)(=O)c1ccc(NC(C)(C)CN)cc1. The Balaban J connectivity index is 2.82.